The quantitative estimate of drug-likeness (QED) is 0.506. The van der Waals surface area contributed by atoms with Gasteiger partial charge in [0.15, 0.2) is 5.78 Å². The van der Waals surface area contributed by atoms with Crippen LogP contribution in [0.2, 0.25) is 0 Å². The van der Waals surface area contributed by atoms with Crippen LogP contribution in [0.1, 0.15) is 29.3 Å². The van der Waals surface area contributed by atoms with Crippen LogP contribution < -0.4 is 10.2 Å². The van der Waals surface area contributed by atoms with Crippen molar-refractivity contribution in [2.75, 3.05) is 23.3 Å². The number of carbonyl (C=O) groups excluding carboxylic acids is 2. The van der Waals surface area contributed by atoms with Crippen LogP contribution >= 0.6 is 0 Å². The lowest BCUT2D eigenvalue weighted by molar-refractivity contribution is -0.384. The first-order valence-electron chi connectivity index (χ1n) is 8.39. The van der Waals surface area contributed by atoms with E-state index in [1.807, 2.05) is 24.3 Å². The van der Waals surface area contributed by atoms with Gasteiger partial charge in [-0.2, -0.15) is 0 Å². The van der Waals surface area contributed by atoms with Crippen LogP contribution in [-0.4, -0.2) is 29.7 Å². The molecule has 1 N–H and O–H groups in total. The van der Waals surface area contributed by atoms with Gasteiger partial charge in [0.1, 0.15) is 5.69 Å². The van der Waals surface area contributed by atoms with Gasteiger partial charge in [0.25, 0.3) is 5.69 Å². The van der Waals surface area contributed by atoms with Crippen LogP contribution in [0.5, 0.6) is 0 Å². The number of fused-ring (bicyclic) bond motifs is 1. The Balaban J connectivity index is 1.76. The molecule has 0 aliphatic carbocycles. The van der Waals surface area contributed by atoms with Gasteiger partial charge in [0.05, 0.1) is 11.5 Å². The van der Waals surface area contributed by atoms with E-state index in [2.05, 4.69) is 5.32 Å². The molecule has 3 rings (SSSR count). The lowest BCUT2D eigenvalue weighted by Gasteiger charge is -2.29. The van der Waals surface area contributed by atoms with Crippen LogP contribution in [0.25, 0.3) is 0 Å². The molecular weight excluding hydrogens is 334 g/mol. The van der Waals surface area contributed by atoms with Gasteiger partial charge in [0, 0.05) is 23.9 Å². The number of nitro benzene ring substituents is 1. The van der Waals surface area contributed by atoms with E-state index in [0.717, 1.165) is 24.1 Å². The predicted octanol–water partition coefficient (Wildman–Crippen LogP) is 3.19. The van der Waals surface area contributed by atoms with E-state index in [1.54, 1.807) is 4.90 Å². The van der Waals surface area contributed by atoms with E-state index in [0.29, 0.717) is 6.54 Å². The fourth-order valence-corrected chi connectivity index (χ4v) is 3.11. The van der Waals surface area contributed by atoms with Crippen molar-refractivity contribution in [1.29, 1.82) is 0 Å². The first kappa shape index (κ1) is 17.6. The van der Waals surface area contributed by atoms with Crippen molar-refractivity contribution in [2.45, 2.75) is 19.8 Å². The molecule has 0 saturated heterocycles. The van der Waals surface area contributed by atoms with Gasteiger partial charge in [0.2, 0.25) is 5.91 Å². The number of hydrogen-bond acceptors (Lipinski definition) is 5. The van der Waals surface area contributed by atoms with Crippen molar-refractivity contribution in [2.24, 2.45) is 0 Å². The number of anilines is 2. The highest BCUT2D eigenvalue weighted by Crippen LogP contribution is 2.28. The minimum atomic E-state index is -0.560. The number of benzene rings is 2. The Morgan fingerprint density at radius 3 is 2.73 bits per heavy atom. The zero-order valence-electron chi connectivity index (χ0n) is 14.4. The molecule has 134 valence electrons. The van der Waals surface area contributed by atoms with Crippen LogP contribution in [0, 0.1) is 10.1 Å². The molecule has 0 unspecified atom stereocenters. The number of nitrogens with one attached hydrogen (secondary N) is 1. The van der Waals surface area contributed by atoms with E-state index in [9.17, 15) is 19.7 Å². The fourth-order valence-electron chi connectivity index (χ4n) is 3.11. The Labute approximate surface area is 150 Å². The zero-order chi connectivity index (χ0) is 18.7. The van der Waals surface area contributed by atoms with Crippen molar-refractivity contribution < 1.29 is 14.5 Å². The summed E-state index contributed by atoms with van der Waals surface area (Å²) in [5, 5.41) is 14.1. The summed E-state index contributed by atoms with van der Waals surface area (Å²) in [4.78, 5) is 36.5. The van der Waals surface area contributed by atoms with Crippen LogP contribution in [0.15, 0.2) is 42.5 Å². The number of para-hydroxylation sites is 1. The summed E-state index contributed by atoms with van der Waals surface area (Å²) in [5.41, 5.74) is 2.29. The van der Waals surface area contributed by atoms with Gasteiger partial charge in [-0.1, -0.05) is 18.2 Å². The molecule has 0 fully saturated rings. The minimum Gasteiger partial charge on any atom is -0.371 e. The summed E-state index contributed by atoms with van der Waals surface area (Å²) >= 11 is 0. The van der Waals surface area contributed by atoms with Gasteiger partial charge in [-0.3, -0.25) is 19.7 Å². The molecule has 1 aliphatic rings. The van der Waals surface area contributed by atoms with Crippen LogP contribution in [-0.2, 0) is 11.2 Å². The van der Waals surface area contributed by atoms with Gasteiger partial charge < -0.3 is 10.2 Å². The third kappa shape index (κ3) is 3.56. The average molecular weight is 353 g/mol. The second-order valence-corrected chi connectivity index (χ2v) is 6.18. The van der Waals surface area contributed by atoms with Gasteiger partial charge in [-0.05, 0) is 43.5 Å². The maximum atomic E-state index is 12.6. The first-order chi connectivity index (χ1) is 12.5. The third-order valence-electron chi connectivity index (χ3n) is 4.44. The maximum absolute atomic E-state index is 12.6. The topological polar surface area (TPSA) is 92.6 Å². The Hall–Kier alpha value is -3.22. The highest BCUT2D eigenvalue weighted by Gasteiger charge is 2.23. The number of carbonyl (C=O) groups is 2. The SMILES string of the molecule is CC(=O)c1ccc(NCC(=O)N2CCCc3ccccc32)c([N+](=O)[O-])c1. The smallest absolute Gasteiger partial charge is 0.293 e. The molecule has 0 atom stereocenters. The number of ketones is 1. The molecule has 0 bridgehead atoms. The van der Waals surface area contributed by atoms with Gasteiger partial charge >= 0.3 is 0 Å². The van der Waals surface area contributed by atoms with E-state index in [4.69, 9.17) is 0 Å². The summed E-state index contributed by atoms with van der Waals surface area (Å²) in [7, 11) is 0. The van der Waals surface area contributed by atoms with Gasteiger partial charge in [-0.15, -0.1) is 0 Å². The van der Waals surface area contributed by atoms with E-state index >= 15 is 0 Å². The van der Waals surface area contributed by atoms with Gasteiger partial charge in [-0.25, -0.2) is 0 Å². The standard InChI is InChI=1S/C19H19N3O4/c1-13(23)15-8-9-16(18(11-15)22(25)26)20-12-19(24)21-10-4-6-14-5-2-3-7-17(14)21/h2-3,5,7-9,11,20H,4,6,10,12H2,1H3. The average Bonchev–Trinajstić information content (AvgIpc) is 2.65. The normalized spacial score (nSPS) is 13.0. The first-order valence-corrected chi connectivity index (χ1v) is 8.39. The summed E-state index contributed by atoms with van der Waals surface area (Å²) in [6.45, 7) is 1.92. The number of nitrogens with zero attached hydrogens (tertiary/aromatic N) is 2. The molecule has 7 nitrogen and oxygen atoms in total. The lowest BCUT2D eigenvalue weighted by atomic mass is 10.0. The Bertz CT molecular complexity index is 879. The van der Waals surface area contributed by atoms with Crippen LogP contribution in [0.3, 0.4) is 0 Å². The Morgan fingerprint density at radius 1 is 1.23 bits per heavy atom. The molecule has 7 heteroatoms. The molecule has 2 aromatic rings. The number of hydrogen-bond donors (Lipinski definition) is 1. The summed E-state index contributed by atoms with van der Waals surface area (Å²) < 4.78 is 0. The molecular formula is C19H19N3O4. The minimum absolute atomic E-state index is 0.0609. The summed E-state index contributed by atoms with van der Waals surface area (Å²) in [6, 6.07) is 12.0. The second kappa shape index (κ2) is 7.35. The number of Topliss-reactive ketones (excluding diaryl/α,β-unsaturated/α-hetero) is 1. The molecule has 0 saturated carbocycles. The summed E-state index contributed by atoms with van der Waals surface area (Å²) in [5.74, 6) is -0.400. The van der Waals surface area contributed by atoms with E-state index < -0.39 is 4.92 Å². The molecule has 1 aliphatic heterocycles. The Morgan fingerprint density at radius 2 is 2.00 bits per heavy atom. The van der Waals surface area contributed by atoms with E-state index in [-0.39, 0.29) is 35.2 Å². The molecule has 0 radical (unpaired) electrons. The molecule has 2 aromatic carbocycles. The lowest BCUT2D eigenvalue weighted by Crippen LogP contribution is -2.39. The molecule has 1 heterocycles. The zero-order valence-corrected chi connectivity index (χ0v) is 14.4. The molecule has 0 aromatic heterocycles. The largest absolute Gasteiger partial charge is 0.371 e. The number of amides is 1. The Kier molecular flexibility index (Phi) is 4.97. The van der Waals surface area contributed by atoms with E-state index in [1.165, 1.54) is 25.1 Å². The highest BCUT2D eigenvalue weighted by molar-refractivity contribution is 5.98. The monoisotopic (exact) mass is 353 g/mol. The molecule has 0 spiro atoms. The number of nitro groups is 1. The molecule has 26 heavy (non-hydrogen) atoms. The number of rotatable bonds is 5. The van der Waals surface area contributed by atoms with Crippen LogP contribution in [0.4, 0.5) is 17.1 Å². The van der Waals surface area contributed by atoms with Crippen molar-refractivity contribution in [3.05, 3.63) is 63.7 Å². The maximum Gasteiger partial charge on any atom is 0.293 e. The number of aryl methyl sites for hydroxylation is 1. The second-order valence-electron chi connectivity index (χ2n) is 6.18. The molecule has 1 amide bonds. The van der Waals surface area contributed by atoms with Crippen molar-refractivity contribution >= 4 is 28.8 Å². The van der Waals surface area contributed by atoms with Crippen molar-refractivity contribution in [1.82, 2.24) is 0 Å². The van der Waals surface area contributed by atoms with Crippen molar-refractivity contribution in [3.63, 3.8) is 0 Å². The summed E-state index contributed by atoms with van der Waals surface area (Å²) in [6.07, 6.45) is 1.82. The third-order valence-corrected chi connectivity index (χ3v) is 4.44. The highest BCUT2D eigenvalue weighted by atomic mass is 16.6. The fraction of sp³-hybridized carbons (Fsp3) is 0.263. The predicted molar refractivity (Wildman–Crippen MR) is 98.7 cm³/mol. The van der Waals surface area contributed by atoms with Crippen molar-refractivity contribution in [3.8, 4) is 0 Å².